The Morgan fingerprint density at radius 2 is 1.72 bits per heavy atom. The number of aryl methyl sites for hydroxylation is 2. The first-order valence-corrected chi connectivity index (χ1v) is 10.3. The highest BCUT2D eigenvalue weighted by atomic mass is 32.2. The molecule has 0 aliphatic rings. The molecule has 1 amide bonds. The molecule has 0 saturated carbocycles. The SMILES string of the molecule is C/C(=N/NC(=O)c1ccc(C)cc1C)c1ccc(S(=O)(=O)NCCC(=O)O)cc1. The second-order valence-electron chi connectivity index (χ2n) is 6.52. The number of hydrogen-bond donors (Lipinski definition) is 3. The van der Waals surface area contributed by atoms with E-state index in [-0.39, 0.29) is 23.8 Å². The summed E-state index contributed by atoms with van der Waals surface area (Å²) in [7, 11) is -3.79. The molecule has 0 fully saturated rings. The Hall–Kier alpha value is -3.04. The molecular formula is C20H23N3O5S. The van der Waals surface area contributed by atoms with Crippen molar-refractivity contribution in [2.45, 2.75) is 32.1 Å². The van der Waals surface area contributed by atoms with E-state index in [0.29, 0.717) is 16.8 Å². The lowest BCUT2D eigenvalue weighted by atomic mass is 10.1. The predicted molar refractivity (Wildman–Crippen MR) is 109 cm³/mol. The highest BCUT2D eigenvalue weighted by Crippen LogP contribution is 2.12. The molecule has 8 nitrogen and oxygen atoms in total. The third-order valence-electron chi connectivity index (χ3n) is 4.17. The molecular weight excluding hydrogens is 394 g/mol. The molecule has 0 heterocycles. The van der Waals surface area contributed by atoms with E-state index in [4.69, 9.17) is 5.11 Å². The molecule has 0 spiro atoms. The standard InChI is InChI=1S/C20H23N3O5S/c1-13-4-9-18(14(2)12-13)20(26)23-22-15(3)16-5-7-17(8-6-16)29(27,28)21-11-10-19(24)25/h4-9,12,21H,10-11H2,1-3H3,(H,23,26)(H,24,25)/b22-15-. The number of carbonyl (C=O) groups is 2. The highest BCUT2D eigenvalue weighted by molar-refractivity contribution is 7.89. The molecule has 9 heteroatoms. The average Bonchev–Trinajstić information content (AvgIpc) is 2.65. The number of benzene rings is 2. The minimum Gasteiger partial charge on any atom is -0.481 e. The zero-order valence-electron chi connectivity index (χ0n) is 16.4. The van der Waals surface area contributed by atoms with Gasteiger partial charge < -0.3 is 5.11 Å². The van der Waals surface area contributed by atoms with Gasteiger partial charge in [-0.1, -0.05) is 29.8 Å². The molecule has 0 aromatic heterocycles. The van der Waals surface area contributed by atoms with Crippen LogP contribution in [0.4, 0.5) is 0 Å². The van der Waals surface area contributed by atoms with Crippen LogP contribution in [0.15, 0.2) is 52.5 Å². The summed E-state index contributed by atoms with van der Waals surface area (Å²) in [5, 5.41) is 12.7. The lowest BCUT2D eigenvalue weighted by Crippen LogP contribution is -2.26. The largest absolute Gasteiger partial charge is 0.481 e. The van der Waals surface area contributed by atoms with Crippen LogP contribution in [-0.4, -0.2) is 37.7 Å². The number of carboxylic acid groups (broad SMARTS) is 1. The van der Waals surface area contributed by atoms with Gasteiger partial charge >= 0.3 is 5.97 Å². The molecule has 2 aromatic rings. The zero-order valence-corrected chi connectivity index (χ0v) is 17.2. The Balaban J connectivity index is 2.06. The number of hydrogen-bond acceptors (Lipinski definition) is 5. The van der Waals surface area contributed by atoms with Gasteiger partial charge in [-0.2, -0.15) is 5.10 Å². The number of nitrogens with one attached hydrogen (secondary N) is 2. The summed E-state index contributed by atoms with van der Waals surface area (Å²) in [6.07, 6.45) is -0.302. The van der Waals surface area contributed by atoms with Gasteiger partial charge in [0.05, 0.1) is 17.0 Å². The Morgan fingerprint density at radius 1 is 1.07 bits per heavy atom. The third-order valence-corrected chi connectivity index (χ3v) is 5.64. The van der Waals surface area contributed by atoms with Crippen LogP contribution in [0.5, 0.6) is 0 Å². The van der Waals surface area contributed by atoms with Crippen molar-refractivity contribution in [1.29, 1.82) is 0 Å². The quantitative estimate of drug-likeness (QED) is 0.449. The lowest BCUT2D eigenvalue weighted by Gasteiger charge is -2.08. The maximum Gasteiger partial charge on any atom is 0.304 e. The van der Waals surface area contributed by atoms with E-state index in [0.717, 1.165) is 11.1 Å². The fourth-order valence-electron chi connectivity index (χ4n) is 2.58. The molecule has 0 atom stereocenters. The summed E-state index contributed by atoms with van der Waals surface area (Å²) in [6, 6.07) is 11.4. The van der Waals surface area contributed by atoms with Gasteiger partial charge in [0.25, 0.3) is 5.91 Å². The molecule has 2 rings (SSSR count). The smallest absolute Gasteiger partial charge is 0.304 e. The minimum atomic E-state index is -3.79. The molecule has 0 aliphatic heterocycles. The van der Waals surface area contributed by atoms with E-state index in [1.54, 1.807) is 25.1 Å². The second kappa shape index (κ2) is 9.44. The Morgan fingerprint density at radius 3 is 2.31 bits per heavy atom. The molecule has 0 unspecified atom stereocenters. The molecule has 3 N–H and O–H groups in total. The molecule has 0 saturated heterocycles. The number of carbonyl (C=O) groups excluding carboxylic acids is 1. The maximum absolute atomic E-state index is 12.3. The van der Waals surface area contributed by atoms with Crippen molar-refractivity contribution in [1.82, 2.24) is 10.1 Å². The van der Waals surface area contributed by atoms with E-state index in [1.165, 1.54) is 12.1 Å². The van der Waals surface area contributed by atoms with Crippen LogP contribution in [0.1, 0.15) is 40.4 Å². The first-order chi connectivity index (χ1) is 13.6. The first-order valence-electron chi connectivity index (χ1n) is 8.84. The second-order valence-corrected chi connectivity index (χ2v) is 8.29. The maximum atomic E-state index is 12.3. The average molecular weight is 417 g/mol. The van der Waals surface area contributed by atoms with Crippen LogP contribution in [0, 0.1) is 13.8 Å². The first kappa shape index (κ1) is 22.3. The van der Waals surface area contributed by atoms with E-state index in [2.05, 4.69) is 15.2 Å². The van der Waals surface area contributed by atoms with Crippen molar-refractivity contribution in [3.8, 4) is 0 Å². The summed E-state index contributed by atoms with van der Waals surface area (Å²) in [4.78, 5) is 22.8. The highest BCUT2D eigenvalue weighted by Gasteiger charge is 2.14. The summed E-state index contributed by atoms with van der Waals surface area (Å²) in [5.41, 5.74) is 6.08. The lowest BCUT2D eigenvalue weighted by molar-refractivity contribution is -0.136. The van der Waals surface area contributed by atoms with Gasteiger partial charge in [-0.25, -0.2) is 18.6 Å². The molecule has 0 aliphatic carbocycles. The predicted octanol–water partition coefficient (Wildman–Crippen LogP) is 2.21. The van der Waals surface area contributed by atoms with Gasteiger partial charge in [0.15, 0.2) is 0 Å². The van der Waals surface area contributed by atoms with Crippen LogP contribution in [0.2, 0.25) is 0 Å². The molecule has 0 radical (unpaired) electrons. The van der Waals surface area contributed by atoms with Gasteiger partial charge in [0, 0.05) is 12.1 Å². The number of rotatable bonds is 8. The van der Waals surface area contributed by atoms with Crippen LogP contribution >= 0.6 is 0 Å². The number of nitrogens with zero attached hydrogens (tertiary/aromatic N) is 1. The van der Waals surface area contributed by atoms with Crippen LogP contribution in [0.25, 0.3) is 0 Å². The van der Waals surface area contributed by atoms with Crippen molar-refractivity contribution < 1.29 is 23.1 Å². The molecule has 2 aromatic carbocycles. The topological polar surface area (TPSA) is 125 Å². The molecule has 154 valence electrons. The number of carboxylic acids is 1. The van der Waals surface area contributed by atoms with Gasteiger partial charge in [-0.05, 0) is 50.1 Å². The van der Waals surface area contributed by atoms with Crippen molar-refractivity contribution in [2.24, 2.45) is 5.10 Å². The van der Waals surface area contributed by atoms with Crippen LogP contribution in [0.3, 0.4) is 0 Å². The van der Waals surface area contributed by atoms with Gasteiger partial charge in [-0.3, -0.25) is 9.59 Å². The summed E-state index contributed by atoms with van der Waals surface area (Å²) in [6.45, 7) is 5.30. The van der Waals surface area contributed by atoms with Crippen LogP contribution < -0.4 is 10.1 Å². The van der Waals surface area contributed by atoms with Crippen molar-refractivity contribution in [3.05, 3.63) is 64.7 Å². The summed E-state index contributed by atoms with van der Waals surface area (Å²) >= 11 is 0. The van der Waals surface area contributed by atoms with Crippen LogP contribution in [-0.2, 0) is 14.8 Å². The van der Waals surface area contributed by atoms with E-state index in [9.17, 15) is 18.0 Å². The Labute approximate surface area is 169 Å². The van der Waals surface area contributed by atoms with Crippen molar-refractivity contribution in [3.63, 3.8) is 0 Å². The van der Waals surface area contributed by atoms with Crippen molar-refractivity contribution in [2.75, 3.05) is 6.54 Å². The number of amides is 1. The molecule has 0 bridgehead atoms. The van der Waals surface area contributed by atoms with Gasteiger partial charge in [0.2, 0.25) is 10.0 Å². The third kappa shape index (κ3) is 6.23. The van der Waals surface area contributed by atoms with E-state index < -0.39 is 16.0 Å². The molecule has 29 heavy (non-hydrogen) atoms. The van der Waals surface area contributed by atoms with Crippen molar-refractivity contribution >= 4 is 27.6 Å². The Kier molecular flexibility index (Phi) is 7.24. The summed E-state index contributed by atoms with van der Waals surface area (Å²) in [5.74, 6) is -1.42. The number of hydrazone groups is 1. The Bertz CT molecular complexity index is 1040. The fraction of sp³-hybridized carbons (Fsp3) is 0.250. The minimum absolute atomic E-state index is 0.0127. The monoisotopic (exact) mass is 417 g/mol. The van der Waals surface area contributed by atoms with Gasteiger partial charge in [-0.15, -0.1) is 0 Å². The van der Waals surface area contributed by atoms with E-state index in [1.807, 2.05) is 26.0 Å². The number of sulfonamides is 1. The van der Waals surface area contributed by atoms with E-state index >= 15 is 0 Å². The van der Waals surface area contributed by atoms with Gasteiger partial charge in [0.1, 0.15) is 0 Å². The summed E-state index contributed by atoms with van der Waals surface area (Å²) < 4.78 is 26.5. The zero-order chi connectivity index (χ0) is 21.6. The normalized spacial score (nSPS) is 11.9. The number of aliphatic carboxylic acids is 1. The fourth-order valence-corrected chi connectivity index (χ4v) is 3.61.